The fourth-order valence-electron chi connectivity index (χ4n) is 2.12. The number of para-hydroxylation sites is 1. The normalized spacial score (nSPS) is 10.5. The summed E-state index contributed by atoms with van der Waals surface area (Å²) < 4.78 is 9.85. The van der Waals surface area contributed by atoms with E-state index < -0.39 is 5.97 Å². The number of benzene rings is 1. The smallest absolute Gasteiger partial charge is 0.360 e. The van der Waals surface area contributed by atoms with Gasteiger partial charge in [0.25, 0.3) is 0 Å². The molecule has 7 nitrogen and oxygen atoms in total. The van der Waals surface area contributed by atoms with E-state index in [0.717, 1.165) is 11.3 Å². The third-order valence-electron chi connectivity index (χ3n) is 3.52. The van der Waals surface area contributed by atoms with Gasteiger partial charge in [0.1, 0.15) is 6.26 Å². The van der Waals surface area contributed by atoms with Crippen LogP contribution in [0.1, 0.15) is 35.8 Å². The van der Waals surface area contributed by atoms with Crippen LogP contribution in [-0.4, -0.2) is 35.0 Å². The Balaban J connectivity index is 2.11. The molecule has 0 saturated carbocycles. The highest BCUT2D eigenvalue weighted by atomic mass is 16.5. The molecular formula is C17H21N3O4. The molecular weight excluding hydrogens is 310 g/mol. The van der Waals surface area contributed by atoms with Gasteiger partial charge in [-0.2, -0.15) is 0 Å². The number of anilines is 1. The van der Waals surface area contributed by atoms with E-state index in [-0.39, 0.29) is 30.2 Å². The molecule has 1 aromatic carbocycles. The van der Waals surface area contributed by atoms with Crippen molar-refractivity contribution < 1.29 is 18.7 Å². The van der Waals surface area contributed by atoms with Gasteiger partial charge in [-0.15, -0.1) is 0 Å². The third-order valence-corrected chi connectivity index (χ3v) is 3.52. The molecule has 0 atom stereocenters. The predicted octanol–water partition coefficient (Wildman–Crippen LogP) is 3.21. The van der Waals surface area contributed by atoms with Crippen molar-refractivity contribution in [3.05, 3.63) is 47.7 Å². The molecule has 2 amide bonds. The molecule has 0 unspecified atom stereocenters. The van der Waals surface area contributed by atoms with Crippen LogP contribution in [0.15, 0.2) is 34.9 Å². The van der Waals surface area contributed by atoms with Gasteiger partial charge >= 0.3 is 12.0 Å². The second kappa shape index (κ2) is 7.63. The Morgan fingerprint density at radius 3 is 2.67 bits per heavy atom. The number of carbonyl (C=O) groups excluding carboxylic acids is 2. The summed E-state index contributed by atoms with van der Waals surface area (Å²) in [6.07, 6.45) is 1.22. The predicted molar refractivity (Wildman–Crippen MR) is 88.7 cm³/mol. The van der Waals surface area contributed by atoms with Crippen LogP contribution in [0.3, 0.4) is 0 Å². The molecule has 1 aromatic heterocycles. The molecule has 0 fully saturated rings. The zero-order chi connectivity index (χ0) is 17.7. The fraction of sp³-hybridized carbons (Fsp3) is 0.353. The molecule has 7 heteroatoms. The van der Waals surface area contributed by atoms with Crippen LogP contribution >= 0.6 is 0 Å². The largest absolute Gasteiger partial charge is 0.464 e. The quantitative estimate of drug-likeness (QED) is 0.850. The Bertz CT molecular complexity index is 724. The minimum absolute atomic E-state index is 0.0792. The lowest BCUT2D eigenvalue weighted by Crippen LogP contribution is -2.39. The third kappa shape index (κ3) is 4.13. The number of carbonyl (C=O) groups is 2. The van der Waals surface area contributed by atoms with Crippen molar-refractivity contribution in [2.75, 3.05) is 12.4 Å². The van der Waals surface area contributed by atoms with Crippen molar-refractivity contribution in [1.29, 1.82) is 0 Å². The molecule has 0 spiro atoms. The summed E-state index contributed by atoms with van der Waals surface area (Å²) in [4.78, 5) is 29.6. The van der Waals surface area contributed by atoms with Gasteiger partial charge in [-0.05, 0) is 32.4 Å². The Morgan fingerprint density at radius 1 is 1.33 bits per heavy atom. The molecule has 24 heavy (non-hydrogen) atoms. The zero-order valence-corrected chi connectivity index (χ0v) is 14.2. The maximum Gasteiger partial charge on any atom is 0.360 e. The summed E-state index contributed by atoms with van der Waals surface area (Å²) in [7, 11) is 1.27. The number of urea groups is 1. The molecule has 0 aliphatic carbocycles. The number of ether oxygens (including phenoxy) is 1. The number of esters is 1. The second-order valence-electron chi connectivity index (χ2n) is 5.58. The van der Waals surface area contributed by atoms with Gasteiger partial charge in [-0.3, -0.25) is 0 Å². The number of oxazole rings is 1. The average molecular weight is 331 g/mol. The molecule has 1 N–H and O–H groups in total. The SMILES string of the molecule is COC(=O)c1coc(CN(C(=O)Nc2ccccc2C)C(C)C)n1. The Hall–Kier alpha value is -2.83. The number of hydrogen-bond donors (Lipinski definition) is 1. The van der Waals surface area contributed by atoms with Gasteiger partial charge in [0, 0.05) is 11.7 Å². The summed E-state index contributed by atoms with van der Waals surface area (Å²) in [5.41, 5.74) is 1.80. The van der Waals surface area contributed by atoms with Gasteiger partial charge < -0.3 is 19.4 Å². The highest BCUT2D eigenvalue weighted by molar-refractivity contribution is 5.90. The number of nitrogens with one attached hydrogen (secondary N) is 1. The number of methoxy groups -OCH3 is 1. The minimum Gasteiger partial charge on any atom is -0.464 e. The Kier molecular flexibility index (Phi) is 5.57. The van der Waals surface area contributed by atoms with Crippen molar-refractivity contribution in [3.8, 4) is 0 Å². The van der Waals surface area contributed by atoms with Crippen molar-refractivity contribution in [2.45, 2.75) is 33.4 Å². The van der Waals surface area contributed by atoms with E-state index >= 15 is 0 Å². The molecule has 2 rings (SSSR count). The van der Waals surface area contributed by atoms with Crippen LogP contribution in [0.2, 0.25) is 0 Å². The van der Waals surface area contributed by atoms with E-state index in [1.165, 1.54) is 13.4 Å². The fourth-order valence-corrected chi connectivity index (χ4v) is 2.12. The molecule has 0 aliphatic heterocycles. The van der Waals surface area contributed by atoms with Gasteiger partial charge in [0.15, 0.2) is 5.69 Å². The Labute approximate surface area is 140 Å². The molecule has 1 heterocycles. The highest BCUT2D eigenvalue weighted by Gasteiger charge is 2.21. The van der Waals surface area contributed by atoms with Crippen LogP contribution in [0.25, 0.3) is 0 Å². The molecule has 0 aliphatic rings. The molecule has 2 aromatic rings. The zero-order valence-electron chi connectivity index (χ0n) is 14.2. The standard InChI is InChI=1S/C17H21N3O4/c1-11(2)20(9-15-18-14(10-24-15)16(21)23-4)17(22)19-13-8-6-5-7-12(13)3/h5-8,10-11H,9H2,1-4H3,(H,19,22). The lowest BCUT2D eigenvalue weighted by atomic mass is 10.2. The molecule has 0 saturated heterocycles. The molecule has 0 bridgehead atoms. The monoisotopic (exact) mass is 331 g/mol. The lowest BCUT2D eigenvalue weighted by Gasteiger charge is -2.26. The summed E-state index contributed by atoms with van der Waals surface area (Å²) in [5, 5.41) is 2.88. The van der Waals surface area contributed by atoms with E-state index in [2.05, 4.69) is 15.0 Å². The van der Waals surface area contributed by atoms with E-state index in [9.17, 15) is 9.59 Å². The van der Waals surface area contributed by atoms with E-state index in [1.807, 2.05) is 45.0 Å². The van der Waals surface area contributed by atoms with E-state index in [0.29, 0.717) is 0 Å². The van der Waals surface area contributed by atoms with Crippen LogP contribution < -0.4 is 5.32 Å². The average Bonchev–Trinajstić information content (AvgIpc) is 3.02. The minimum atomic E-state index is -0.578. The molecule has 0 radical (unpaired) electrons. The first-order chi connectivity index (χ1) is 11.4. The van der Waals surface area contributed by atoms with E-state index in [4.69, 9.17) is 4.42 Å². The number of rotatable bonds is 5. The van der Waals surface area contributed by atoms with Crippen molar-refractivity contribution in [3.63, 3.8) is 0 Å². The summed E-state index contributed by atoms with van der Waals surface area (Å²) in [5.74, 6) is -0.311. The van der Waals surface area contributed by atoms with E-state index in [1.54, 1.807) is 4.90 Å². The number of aryl methyl sites for hydroxylation is 1. The summed E-state index contributed by atoms with van der Waals surface area (Å²) in [6, 6.07) is 7.18. The maximum atomic E-state index is 12.6. The van der Waals surface area contributed by atoms with Crippen LogP contribution in [-0.2, 0) is 11.3 Å². The van der Waals surface area contributed by atoms with Gasteiger partial charge in [0.2, 0.25) is 5.89 Å². The molecule has 128 valence electrons. The van der Waals surface area contributed by atoms with Gasteiger partial charge in [0.05, 0.1) is 13.7 Å². The summed E-state index contributed by atoms with van der Waals surface area (Å²) in [6.45, 7) is 5.85. The highest BCUT2D eigenvalue weighted by Crippen LogP contribution is 2.16. The van der Waals surface area contributed by atoms with Crippen LogP contribution in [0, 0.1) is 6.92 Å². The summed E-state index contributed by atoms with van der Waals surface area (Å²) >= 11 is 0. The first kappa shape index (κ1) is 17.5. The second-order valence-corrected chi connectivity index (χ2v) is 5.58. The number of nitrogens with zero attached hydrogens (tertiary/aromatic N) is 2. The maximum absolute atomic E-state index is 12.6. The van der Waals surface area contributed by atoms with Crippen LogP contribution in [0.5, 0.6) is 0 Å². The first-order valence-corrected chi connectivity index (χ1v) is 7.58. The van der Waals surface area contributed by atoms with Gasteiger partial charge in [-0.25, -0.2) is 14.6 Å². The number of amides is 2. The first-order valence-electron chi connectivity index (χ1n) is 7.58. The van der Waals surface area contributed by atoms with Crippen molar-refractivity contribution in [1.82, 2.24) is 9.88 Å². The van der Waals surface area contributed by atoms with Crippen molar-refractivity contribution >= 4 is 17.7 Å². The number of aromatic nitrogens is 1. The topological polar surface area (TPSA) is 84.7 Å². The van der Waals surface area contributed by atoms with Crippen LogP contribution in [0.4, 0.5) is 10.5 Å². The van der Waals surface area contributed by atoms with Crippen molar-refractivity contribution in [2.24, 2.45) is 0 Å². The lowest BCUT2D eigenvalue weighted by molar-refractivity contribution is 0.0594. The Morgan fingerprint density at radius 2 is 2.04 bits per heavy atom. The number of hydrogen-bond acceptors (Lipinski definition) is 5. The van der Waals surface area contributed by atoms with Gasteiger partial charge in [-0.1, -0.05) is 18.2 Å².